The molecular formula is C23H26F3NO2. The Morgan fingerprint density at radius 2 is 1.69 bits per heavy atom. The highest BCUT2D eigenvalue weighted by atomic mass is 19.4. The van der Waals surface area contributed by atoms with Crippen LogP contribution in [0.3, 0.4) is 0 Å². The fourth-order valence-corrected chi connectivity index (χ4v) is 3.09. The maximum Gasteiger partial charge on any atom is 0.471 e. The number of rotatable bonds is 10. The minimum Gasteiger partial charge on any atom is -0.365 e. The van der Waals surface area contributed by atoms with Gasteiger partial charge in [-0.15, -0.1) is 6.58 Å². The Bertz CT molecular complexity index is 778. The van der Waals surface area contributed by atoms with E-state index in [9.17, 15) is 18.0 Å². The molecule has 0 aliphatic carbocycles. The first-order chi connectivity index (χ1) is 13.7. The quantitative estimate of drug-likeness (QED) is 0.538. The fraction of sp³-hybridized carbons (Fsp3) is 0.348. The summed E-state index contributed by atoms with van der Waals surface area (Å²) in [4.78, 5) is 11.3. The Labute approximate surface area is 169 Å². The summed E-state index contributed by atoms with van der Waals surface area (Å²) in [6.45, 7) is 5.43. The number of alkyl halides is 3. The molecule has 6 heteroatoms. The summed E-state index contributed by atoms with van der Waals surface area (Å²) < 4.78 is 44.1. The van der Waals surface area contributed by atoms with Crippen LogP contribution < -0.4 is 5.32 Å². The summed E-state index contributed by atoms with van der Waals surface area (Å²) in [5, 5.41) is 1.94. The zero-order valence-corrected chi connectivity index (χ0v) is 16.4. The highest BCUT2D eigenvalue weighted by Gasteiger charge is 2.39. The predicted molar refractivity (Wildman–Crippen MR) is 107 cm³/mol. The van der Waals surface area contributed by atoms with Crippen LogP contribution in [-0.4, -0.2) is 24.2 Å². The molecule has 29 heavy (non-hydrogen) atoms. The van der Waals surface area contributed by atoms with Crippen LogP contribution in [-0.2, 0) is 16.0 Å². The lowest BCUT2D eigenvalue weighted by atomic mass is 9.92. The second-order valence-corrected chi connectivity index (χ2v) is 7.15. The van der Waals surface area contributed by atoms with Crippen molar-refractivity contribution in [2.75, 3.05) is 6.54 Å². The molecule has 156 valence electrons. The normalized spacial score (nSPS) is 14.6. The van der Waals surface area contributed by atoms with E-state index < -0.39 is 23.8 Å². The topological polar surface area (TPSA) is 38.3 Å². The molecule has 0 aliphatic rings. The molecule has 0 aromatic heterocycles. The Morgan fingerprint density at radius 3 is 2.24 bits per heavy atom. The van der Waals surface area contributed by atoms with E-state index >= 15 is 0 Å². The number of nitrogens with one attached hydrogen (secondary N) is 1. The van der Waals surface area contributed by atoms with Crippen molar-refractivity contribution in [2.45, 2.75) is 44.1 Å². The molecule has 0 spiro atoms. The summed E-state index contributed by atoms with van der Waals surface area (Å²) in [7, 11) is 0. The summed E-state index contributed by atoms with van der Waals surface area (Å²) in [6, 6.07) is 18.8. The average Bonchev–Trinajstić information content (AvgIpc) is 2.70. The zero-order chi connectivity index (χ0) is 21.3. The van der Waals surface area contributed by atoms with Gasteiger partial charge < -0.3 is 10.1 Å². The molecule has 2 aromatic rings. The summed E-state index contributed by atoms with van der Waals surface area (Å²) in [6.07, 6.45) is -1.99. The number of aryl methyl sites for hydroxylation is 1. The fourth-order valence-electron chi connectivity index (χ4n) is 3.09. The molecule has 1 N–H and O–H groups in total. The van der Waals surface area contributed by atoms with E-state index in [1.165, 1.54) is 0 Å². The van der Waals surface area contributed by atoms with Gasteiger partial charge in [0.25, 0.3) is 0 Å². The first-order valence-corrected chi connectivity index (χ1v) is 9.46. The van der Waals surface area contributed by atoms with Crippen LogP contribution in [0.15, 0.2) is 73.3 Å². The Kier molecular flexibility index (Phi) is 8.02. The highest BCUT2D eigenvalue weighted by Crippen LogP contribution is 2.31. The summed E-state index contributed by atoms with van der Waals surface area (Å²) >= 11 is 0. The summed E-state index contributed by atoms with van der Waals surface area (Å²) in [5.41, 5.74) is 1.19. The number of hydrogen-bond donors (Lipinski definition) is 1. The lowest BCUT2D eigenvalue weighted by Gasteiger charge is -2.34. The van der Waals surface area contributed by atoms with Crippen LogP contribution in [0.5, 0.6) is 0 Å². The van der Waals surface area contributed by atoms with Crippen molar-refractivity contribution >= 4 is 5.91 Å². The van der Waals surface area contributed by atoms with Crippen LogP contribution in [0, 0.1) is 0 Å². The molecule has 0 saturated carbocycles. The first-order valence-electron chi connectivity index (χ1n) is 9.46. The SMILES string of the molecule is C=CC[C@@](C)(CCc1ccccc1)O[C@H](CNC(=O)C(F)(F)F)c1ccccc1. The number of amides is 1. The van der Waals surface area contributed by atoms with Crippen molar-refractivity contribution in [1.29, 1.82) is 0 Å². The Morgan fingerprint density at radius 1 is 1.10 bits per heavy atom. The summed E-state index contributed by atoms with van der Waals surface area (Å²) in [5.74, 6) is -1.98. The van der Waals surface area contributed by atoms with E-state index in [2.05, 4.69) is 6.58 Å². The molecule has 3 nitrogen and oxygen atoms in total. The molecule has 0 saturated heterocycles. The number of halogens is 3. The standard InChI is InChI=1S/C23H26F3NO2/c1-3-15-22(2,16-14-18-10-6-4-7-11-18)29-20(19-12-8-5-9-13-19)17-27-21(28)23(24,25)26/h3-13,20H,1,14-17H2,2H3,(H,27,28)/t20-,22+/m1/s1. The second-order valence-electron chi connectivity index (χ2n) is 7.15. The highest BCUT2D eigenvalue weighted by molar-refractivity contribution is 5.81. The number of carbonyl (C=O) groups excluding carboxylic acids is 1. The maximum atomic E-state index is 12.6. The molecule has 1 amide bonds. The van der Waals surface area contributed by atoms with Crippen molar-refractivity contribution in [1.82, 2.24) is 5.32 Å². The van der Waals surface area contributed by atoms with E-state index in [0.717, 1.165) is 12.0 Å². The molecule has 2 rings (SSSR count). The number of carbonyl (C=O) groups is 1. The van der Waals surface area contributed by atoms with Gasteiger partial charge >= 0.3 is 12.1 Å². The van der Waals surface area contributed by atoms with Gasteiger partial charge in [-0.1, -0.05) is 66.7 Å². The molecule has 0 fully saturated rings. The van der Waals surface area contributed by atoms with E-state index in [-0.39, 0.29) is 6.54 Å². The minimum absolute atomic E-state index is 0.277. The van der Waals surface area contributed by atoms with Crippen molar-refractivity contribution in [3.8, 4) is 0 Å². The molecule has 0 bridgehead atoms. The van der Waals surface area contributed by atoms with Crippen LogP contribution in [0.2, 0.25) is 0 Å². The van der Waals surface area contributed by atoms with Gasteiger partial charge in [0.2, 0.25) is 0 Å². The van der Waals surface area contributed by atoms with Crippen LogP contribution in [0.25, 0.3) is 0 Å². The van der Waals surface area contributed by atoms with Gasteiger partial charge in [0, 0.05) is 6.54 Å². The molecule has 0 radical (unpaired) electrons. The van der Waals surface area contributed by atoms with Crippen molar-refractivity contribution in [2.24, 2.45) is 0 Å². The molecule has 0 aliphatic heterocycles. The predicted octanol–water partition coefficient (Wildman–Crippen LogP) is 5.39. The van der Waals surface area contributed by atoms with E-state index in [1.807, 2.05) is 48.6 Å². The number of benzene rings is 2. The zero-order valence-electron chi connectivity index (χ0n) is 16.4. The number of hydrogen-bond acceptors (Lipinski definition) is 2. The smallest absolute Gasteiger partial charge is 0.365 e. The first kappa shape index (κ1) is 22.7. The Balaban J connectivity index is 2.16. The van der Waals surface area contributed by atoms with Crippen molar-refractivity contribution < 1.29 is 22.7 Å². The van der Waals surface area contributed by atoms with E-state index in [0.29, 0.717) is 18.4 Å². The van der Waals surface area contributed by atoms with Crippen LogP contribution in [0.1, 0.15) is 37.0 Å². The Hall–Kier alpha value is -2.60. The second kappa shape index (κ2) is 10.3. The van der Waals surface area contributed by atoms with Crippen molar-refractivity contribution in [3.63, 3.8) is 0 Å². The van der Waals surface area contributed by atoms with Gasteiger partial charge in [-0.25, -0.2) is 0 Å². The largest absolute Gasteiger partial charge is 0.471 e. The lowest BCUT2D eigenvalue weighted by Crippen LogP contribution is -2.41. The lowest BCUT2D eigenvalue weighted by molar-refractivity contribution is -0.174. The average molecular weight is 405 g/mol. The maximum absolute atomic E-state index is 12.6. The minimum atomic E-state index is -4.93. The van der Waals surface area contributed by atoms with Gasteiger partial charge in [0.15, 0.2) is 0 Å². The van der Waals surface area contributed by atoms with Gasteiger partial charge in [-0.3, -0.25) is 4.79 Å². The van der Waals surface area contributed by atoms with Gasteiger partial charge in [-0.2, -0.15) is 13.2 Å². The van der Waals surface area contributed by atoms with Crippen molar-refractivity contribution in [3.05, 3.63) is 84.4 Å². The third kappa shape index (κ3) is 7.38. The van der Waals surface area contributed by atoms with Gasteiger partial charge in [-0.05, 0) is 37.3 Å². The van der Waals surface area contributed by atoms with Gasteiger partial charge in [0.05, 0.1) is 5.60 Å². The third-order valence-corrected chi connectivity index (χ3v) is 4.67. The van der Waals surface area contributed by atoms with E-state index in [4.69, 9.17) is 4.74 Å². The molecular weight excluding hydrogens is 379 g/mol. The molecule has 2 atom stereocenters. The van der Waals surface area contributed by atoms with E-state index in [1.54, 1.807) is 30.3 Å². The van der Waals surface area contributed by atoms with Crippen LogP contribution >= 0.6 is 0 Å². The third-order valence-electron chi connectivity index (χ3n) is 4.67. The molecule has 0 heterocycles. The van der Waals surface area contributed by atoms with Gasteiger partial charge in [0.1, 0.15) is 6.10 Å². The van der Waals surface area contributed by atoms with Crippen LogP contribution in [0.4, 0.5) is 13.2 Å². The number of ether oxygens (including phenoxy) is 1. The molecule has 0 unspecified atom stereocenters. The molecule has 2 aromatic carbocycles. The monoisotopic (exact) mass is 405 g/mol.